The molecule has 0 fully saturated rings. The maximum atomic E-state index is 13.7. The number of esters is 1. The summed E-state index contributed by atoms with van der Waals surface area (Å²) in [5.41, 5.74) is 4.02. The molecule has 1 atom stereocenters. The predicted octanol–water partition coefficient (Wildman–Crippen LogP) is 8.25. The lowest BCUT2D eigenvalue weighted by Gasteiger charge is -2.18. The standard InChI is InChI=1S/C35H24BrClN2O5/c1-3-29(32(40)21-9-5-4-6-10-21)44-35(43)26-18-28(38-31-19(2)30(37)27(36)17-25(26)31)20-13-15-22(16-14-20)39-33(41)23-11-7-8-12-24(23)34(39)42/h4-18,29H,3H2,1-2H3. The average molecular weight is 668 g/mol. The Balaban J connectivity index is 1.38. The number of ketones is 1. The first kappa shape index (κ1) is 29.4. The highest BCUT2D eigenvalue weighted by molar-refractivity contribution is 9.10. The minimum atomic E-state index is -0.979. The Kier molecular flexibility index (Phi) is 7.88. The molecule has 7 nitrogen and oxygen atoms in total. The molecule has 1 aliphatic rings. The molecule has 44 heavy (non-hydrogen) atoms. The van der Waals surface area contributed by atoms with E-state index in [0.717, 1.165) is 4.90 Å². The molecule has 2 heterocycles. The molecule has 0 N–H and O–H groups in total. The topological polar surface area (TPSA) is 93.6 Å². The Bertz CT molecular complexity index is 1960. The minimum Gasteiger partial charge on any atom is -0.450 e. The fourth-order valence-corrected chi connectivity index (χ4v) is 5.96. The molecule has 0 saturated carbocycles. The van der Waals surface area contributed by atoms with E-state index in [1.54, 1.807) is 98.8 Å². The van der Waals surface area contributed by atoms with Gasteiger partial charge in [0.1, 0.15) is 0 Å². The average Bonchev–Trinajstić information content (AvgIpc) is 3.31. The van der Waals surface area contributed by atoms with Crippen molar-refractivity contribution in [3.8, 4) is 11.3 Å². The van der Waals surface area contributed by atoms with Gasteiger partial charge < -0.3 is 4.74 Å². The van der Waals surface area contributed by atoms with Crippen molar-refractivity contribution < 1.29 is 23.9 Å². The Morgan fingerprint density at radius 1 is 0.909 bits per heavy atom. The molecular formula is C35H24BrClN2O5. The lowest BCUT2D eigenvalue weighted by molar-refractivity contribution is 0.0279. The Morgan fingerprint density at radius 2 is 1.52 bits per heavy atom. The van der Waals surface area contributed by atoms with E-state index in [0.29, 0.717) is 66.0 Å². The number of hydrogen-bond donors (Lipinski definition) is 0. The van der Waals surface area contributed by atoms with Gasteiger partial charge in [-0.1, -0.05) is 73.1 Å². The zero-order chi connectivity index (χ0) is 31.1. The number of aryl methyl sites for hydroxylation is 1. The molecule has 9 heteroatoms. The van der Waals surface area contributed by atoms with Gasteiger partial charge in [-0.3, -0.25) is 14.4 Å². The molecule has 1 unspecified atom stereocenters. The monoisotopic (exact) mass is 666 g/mol. The first-order valence-corrected chi connectivity index (χ1v) is 15.0. The van der Waals surface area contributed by atoms with E-state index >= 15 is 0 Å². The van der Waals surface area contributed by atoms with Gasteiger partial charge in [0.15, 0.2) is 6.10 Å². The highest BCUT2D eigenvalue weighted by atomic mass is 79.9. The number of amides is 2. The number of halogens is 2. The second kappa shape index (κ2) is 11.8. The summed E-state index contributed by atoms with van der Waals surface area (Å²) >= 11 is 10.0. The Hall–Kier alpha value is -4.66. The van der Waals surface area contributed by atoms with Crippen LogP contribution < -0.4 is 4.90 Å². The van der Waals surface area contributed by atoms with Crippen molar-refractivity contribution in [2.45, 2.75) is 26.4 Å². The third-order valence-electron chi connectivity index (χ3n) is 7.63. The molecule has 0 radical (unpaired) electrons. The second-order valence-electron chi connectivity index (χ2n) is 10.3. The molecule has 218 valence electrons. The maximum absolute atomic E-state index is 13.7. The molecule has 1 aliphatic heterocycles. The van der Waals surface area contributed by atoms with Crippen molar-refractivity contribution in [2.75, 3.05) is 4.90 Å². The SMILES string of the molecule is CCC(OC(=O)c1cc(-c2ccc(N3C(=O)c4ccccc4C3=O)cc2)nc2c(C)c(Cl)c(Br)cc12)C(=O)c1ccccc1. The summed E-state index contributed by atoms with van der Waals surface area (Å²) in [6, 6.07) is 25.5. The van der Waals surface area contributed by atoms with Crippen LogP contribution in [0.1, 0.15) is 60.3 Å². The summed E-state index contributed by atoms with van der Waals surface area (Å²) < 4.78 is 6.39. The summed E-state index contributed by atoms with van der Waals surface area (Å²) in [7, 11) is 0. The maximum Gasteiger partial charge on any atom is 0.339 e. The number of imide groups is 1. The molecule has 0 bridgehead atoms. The first-order chi connectivity index (χ1) is 21.2. The van der Waals surface area contributed by atoms with Crippen molar-refractivity contribution >= 4 is 67.7 Å². The van der Waals surface area contributed by atoms with Crippen molar-refractivity contribution in [3.05, 3.63) is 128 Å². The van der Waals surface area contributed by atoms with Crippen LogP contribution in [0.3, 0.4) is 0 Å². The lowest BCUT2D eigenvalue weighted by atomic mass is 10.0. The highest BCUT2D eigenvalue weighted by Gasteiger charge is 2.36. The van der Waals surface area contributed by atoms with Crippen LogP contribution in [0.15, 0.2) is 95.5 Å². The van der Waals surface area contributed by atoms with Crippen molar-refractivity contribution in [3.63, 3.8) is 0 Å². The lowest BCUT2D eigenvalue weighted by Crippen LogP contribution is -2.29. The molecule has 0 spiro atoms. The highest BCUT2D eigenvalue weighted by Crippen LogP contribution is 2.36. The predicted molar refractivity (Wildman–Crippen MR) is 172 cm³/mol. The zero-order valence-electron chi connectivity index (χ0n) is 23.6. The number of fused-ring (bicyclic) bond motifs is 2. The van der Waals surface area contributed by atoms with Gasteiger partial charge in [-0.05, 0) is 71.2 Å². The van der Waals surface area contributed by atoms with Gasteiger partial charge in [0, 0.05) is 21.0 Å². The number of hydrogen-bond acceptors (Lipinski definition) is 6. The van der Waals surface area contributed by atoms with E-state index in [1.807, 2.05) is 6.07 Å². The molecule has 0 saturated heterocycles. The van der Waals surface area contributed by atoms with Gasteiger partial charge in [-0.2, -0.15) is 0 Å². The molecular weight excluding hydrogens is 644 g/mol. The third kappa shape index (κ3) is 5.10. The van der Waals surface area contributed by atoms with Crippen LogP contribution in [0.25, 0.3) is 22.2 Å². The second-order valence-corrected chi connectivity index (χ2v) is 11.6. The van der Waals surface area contributed by atoms with E-state index < -0.39 is 23.9 Å². The normalized spacial score (nSPS) is 13.2. The Labute approximate surface area is 266 Å². The fourth-order valence-electron chi connectivity index (χ4n) is 5.29. The number of pyridine rings is 1. The van der Waals surface area contributed by atoms with E-state index in [4.69, 9.17) is 21.3 Å². The molecule has 2 amide bonds. The van der Waals surface area contributed by atoms with Gasteiger partial charge in [0.05, 0.1) is 38.6 Å². The number of anilines is 1. The van der Waals surface area contributed by atoms with Gasteiger partial charge in [-0.25, -0.2) is 14.7 Å². The molecule has 6 rings (SSSR count). The van der Waals surface area contributed by atoms with Gasteiger partial charge in [0.25, 0.3) is 11.8 Å². The van der Waals surface area contributed by atoms with E-state index in [-0.39, 0.29) is 11.3 Å². The van der Waals surface area contributed by atoms with E-state index in [2.05, 4.69) is 15.9 Å². The van der Waals surface area contributed by atoms with E-state index in [1.165, 1.54) is 0 Å². The number of Topliss-reactive ketones (excluding diaryl/α,β-unsaturated/α-hetero) is 1. The smallest absolute Gasteiger partial charge is 0.339 e. The van der Waals surface area contributed by atoms with E-state index in [9.17, 15) is 19.2 Å². The summed E-state index contributed by atoms with van der Waals surface area (Å²) in [4.78, 5) is 58.8. The van der Waals surface area contributed by atoms with Crippen LogP contribution in [0, 0.1) is 6.92 Å². The molecule has 4 aromatic carbocycles. The summed E-state index contributed by atoms with van der Waals surface area (Å²) in [5, 5.41) is 0.963. The summed E-state index contributed by atoms with van der Waals surface area (Å²) in [6.07, 6.45) is -0.685. The summed E-state index contributed by atoms with van der Waals surface area (Å²) in [6.45, 7) is 3.59. The fraction of sp³-hybridized carbons (Fsp3) is 0.114. The number of benzene rings is 4. The quantitative estimate of drug-likeness (QED) is 0.0986. The van der Waals surface area contributed by atoms with Gasteiger partial charge >= 0.3 is 5.97 Å². The first-order valence-electron chi connectivity index (χ1n) is 13.9. The number of rotatable bonds is 7. The van der Waals surface area contributed by atoms with Crippen molar-refractivity contribution in [1.82, 2.24) is 4.98 Å². The van der Waals surface area contributed by atoms with Gasteiger partial charge in [-0.15, -0.1) is 0 Å². The van der Waals surface area contributed by atoms with Crippen LogP contribution in [0.2, 0.25) is 5.02 Å². The zero-order valence-corrected chi connectivity index (χ0v) is 26.0. The molecule has 5 aromatic rings. The number of ether oxygens (including phenoxy) is 1. The van der Waals surface area contributed by atoms with Gasteiger partial charge in [0.2, 0.25) is 5.78 Å². The molecule has 1 aromatic heterocycles. The largest absolute Gasteiger partial charge is 0.450 e. The molecule has 0 aliphatic carbocycles. The summed E-state index contributed by atoms with van der Waals surface area (Å²) in [5.74, 6) is -1.74. The van der Waals surface area contributed by atoms with Crippen molar-refractivity contribution in [1.29, 1.82) is 0 Å². The number of aromatic nitrogens is 1. The van der Waals surface area contributed by atoms with Crippen LogP contribution in [0.4, 0.5) is 5.69 Å². The van der Waals surface area contributed by atoms with Crippen LogP contribution in [-0.4, -0.2) is 34.7 Å². The van der Waals surface area contributed by atoms with Crippen LogP contribution in [0.5, 0.6) is 0 Å². The van der Waals surface area contributed by atoms with Crippen LogP contribution in [-0.2, 0) is 4.74 Å². The minimum absolute atomic E-state index is 0.217. The number of nitrogens with zero attached hydrogens (tertiary/aromatic N) is 2. The Morgan fingerprint density at radius 3 is 2.14 bits per heavy atom. The van der Waals surface area contributed by atoms with Crippen LogP contribution >= 0.6 is 27.5 Å². The number of carbonyl (C=O) groups excluding carboxylic acids is 4. The number of carbonyl (C=O) groups is 4. The third-order valence-corrected chi connectivity index (χ3v) is 8.97. The van der Waals surface area contributed by atoms with Crippen molar-refractivity contribution in [2.24, 2.45) is 0 Å².